The lowest BCUT2D eigenvalue weighted by Gasteiger charge is -2.15. The average molecular weight is 368 g/mol. The predicted molar refractivity (Wildman–Crippen MR) is 93.1 cm³/mol. The van der Waals surface area contributed by atoms with Crippen LogP contribution in [-0.4, -0.2) is 27.2 Å². The molecule has 0 heterocycles. The number of sulfone groups is 1. The van der Waals surface area contributed by atoms with E-state index in [0.717, 1.165) is 11.8 Å². The second-order valence-electron chi connectivity index (χ2n) is 5.37. The molecule has 0 radical (unpaired) electrons. The number of carbonyl (C=O) groups excluding carboxylic acids is 1. The molecule has 0 aliphatic rings. The van der Waals surface area contributed by atoms with Gasteiger partial charge in [0.1, 0.15) is 5.75 Å². The van der Waals surface area contributed by atoms with E-state index >= 15 is 0 Å². The van der Waals surface area contributed by atoms with Crippen molar-refractivity contribution in [3.63, 3.8) is 0 Å². The first-order valence-corrected chi connectivity index (χ1v) is 9.50. The van der Waals surface area contributed by atoms with E-state index in [1.54, 1.807) is 36.4 Å². The average Bonchev–Trinajstić information content (AvgIpc) is 2.53. The molecule has 0 fully saturated rings. The van der Waals surface area contributed by atoms with Crippen LogP contribution in [0.2, 0.25) is 5.02 Å². The highest BCUT2D eigenvalue weighted by Crippen LogP contribution is 2.17. The predicted octanol–water partition coefficient (Wildman–Crippen LogP) is 3.00. The molecule has 24 heavy (non-hydrogen) atoms. The summed E-state index contributed by atoms with van der Waals surface area (Å²) < 4.78 is 28.2. The van der Waals surface area contributed by atoms with Gasteiger partial charge in [0.25, 0.3) is 5.91 Å². The van der Waals surface area contributed by atoms with Crippen LogP contribution in [0.1, 0.15) is 18.5 Å². The topological polar surface area (TPSA) is 72.5 Å². The second kappa shape index (κ2) is 7.68. The van der Waals surface area contributed by atoms with Crippen LogP contribution < -0.4 is 10.1 Å². The van der Waals surface area contributed by atoms with Crippen LogP contribution in [0, 0.1) is 0 Å². The van der Waals surface area contributed by atoms with Crippen LogP contribution in [0.15, 0.2) is 53.4 Å². The number of benzene rings is 2. The summed E-state index contributed by atoms with van der Waals surface area (Å²) in [6, 6.07) is 12.9. The molecular formula is C17H18ClNO4S. The molecule has 0 spiro atoms. The standard InChI is InChI=1S/C17H18ClNO4S/c1-12(13-3-9-16(10-4-13)24(2,21)22)19-17(20)11-23-15-7-5-14(18)6-8-15/h3-10,12H,11H2,1-2H3,(H,19,20). The van der Waals surface area contributed by atoms with E-state index in [1.165, 1.54) is 12.1 Å². The third kappa shape index (κ3) is 5.25. The van der Waals surface area contributed by atoms with E-state index in [4.69, 9.17) is 16.3 Å². The number of amides is 1. The molecule has 1 amide bonds. The van der Waals surface area contributed by atoms with Gasteiger partial charge in [-0.2, -0.15) is 0 Å². The van der Waals surface area contributed by atoms with E-state index in [2.05, 4.69) is 5.32 Å². The van der Waals surface area contributed by atoms with Gasteiger partial charge in [0.15, 0.2) is 16.4 Å². The molecule has 0 saturated heterocycles. The van der Waals surface area contributed by atoms with Crippen molar-refractivity contribution in [3.8, 4) is 5.75 Å². The number of hydrogen-bond acceptors (Lipinski definition) is 4. The van der Waals surface area contributed by atoms with Gasteiger partial charge < -0.3 is 10.1 Å². The Kier molecular flexibility index (Phi) is 5.85. The summed E-state index contributed by atoms with van der Waals surface area (Å²) in [5.41, 5.74) is 0.808. The Morgan fingerprint density at radius 1 is 1.12 bits per heavy atom. The first-order valence-electron chi connectivity index (χ1n) is 7.23. The lowest BCUT2D eigenvalue weighted by Crippen LogP contribution is -2.31. The van der Waals surface area contributed by atoms with Crippen molar-refractivity contribution in [1.29, 1.82) is 0 Å². The Balaban J connectivity index is 1.90. The van der Waals surface area contributed by atoms with Gasteiger partial charge in [0.05, 0.1) is 10.9 Å². The largest absolute Gasteiger partial charge is 0.484 e. The third-order valence-corrected chi connectivity index (χ3v) is 4.75. The van der Waals surface area contributed by atoms with Gasteiger partial charge in [-0.1, -0.05) is 23.7 Å². The van der Waals surface area contributed by atoms with Crippen LogP contribution in [0.3, 0.4) is 0 Å². The molecule has 0 bridgehead atoms. The zero-order valence-electron chi connectivity index (χ0n) is 13.3. The van der Waals surface area contributed by atoms with Crippen molar-refractivity contribution in [2.24, 2.45) is 0 Å². The molecule has 2 aromatic carbocycles. The van der Waals surface area contributed by atoms with Gasteiger partial charge in [0.2, 0.25) is 0 Å². The zero-order valence-corrected chi connectivity index (χ0v) is 14.9. The van der Waals surface area contributed by atoms with Crippen molar-refractivity contribution in [3.05, 3.63) is 59.1 Å². The molecule has 0 aromatic heterocycles. The van der Waals surface area contributed by atoms with Crippen molar-refractivity contribution in [2.75, 3.05) is 12.9 Å². The molecule has 0 aliphatic heterocycles. The Morgan fingerprint density at radius 2 is 1.71 bits per heavy atom. The highest BCUT2D eigenvalue weighted by Gasteiger charge is 2.12. The van der Waals surface area contributed by atoms with Crippen molar-refractivity contribution >= 4 is 27.3 Å². The molecule has 128 valence electrons. The minimum Gasteiger partial charge on any atom is -0.484 e. The van der Waals surface area contributed by atoms with Gasteiger partial charge in [-0.05, 0) is 48.9 Å². The Morgan fingerprint density at radius 3 is 2.25 bits per heavy atom. The SMILES string of the molecule is CC(NC(=O)COc1ccc(Cl)cc1)c1ccc(S(C)(=O)=O)cc1. The molecular weight excluding hydrogens is 350 g/mol. The smallest absolute Gasteiger partial charge is 0.258 e. The van der Waals surface area contributed by atoms with Gasteiger partial charge >= 0.3 is 0 Å². The third-order valence-electron chi connectivity index (χ3n) is 3.37. The van der Waals surface area contributed by atoms with Crippen LogP contribution in [0.5, 0.6) is 5.75 Å². The maximum absolute atomic E-state index is 11.9. The highest BCUT2D eigenvalue weighted by atomic mass is 35.5. The number of hydrogen-bond donors (Lipinski definition) is 1. The summed E-state index contributed by atoms with van der Waals surface area (Å²) in [7, 11) is -3.23. The summed E-state index contributed by atoms with van der Waals surface area (Å²) in [4.78, 5) is 12.2. The molecule has 1 atom stereocenters. The molecule has 0 aliphatic carbocycles. The molecule has 5 nitrogen and oxygen atoms in total. The lowest BCUT2D eigenvalue weighted by atomic mass is 10.1. The van der Waals surface area contributed by atoms with E-state index < -0.39 is 9.84 Å². The highest BCUT2D eigenvalue weighted by molar-refractivity contribution is 7.90. The fourth-order valence-electron chi connectivity index (χ4n) is 2.05. The van der Waals surface area contributed by atoms with E-state index in [9.17, 15) is 13.2 Å². The summed E-state index contributed by atoms with van der Waals surface area (Å²) in [6.45, 7) is 1.70. The minimum atomic E-state index is -3.23. The van der Waals surface area contributed by atoms with Gasteiger partial charge in [-0.15, -0.1) is 0 Å². The Labute approximate surface area is 146 Å². The molecule has 0 saturated carbocycles. The van der Waals surface area contributed by atoms with Crippen molar-refractivity contribution in [2.45, 2.75) is 17.9 Å². The molecule has 7 heteroatoms. The van der Waals surface area contributed by atoms with Crippen LogP contribution in [-0.2, 0) is 14.6 Å². The monoisotopic (exact) mass is 367 g/mol. The number of halogens is 1. The van der Waals surface area contributed by atoms with Crippen molar-refractivity contribution < 1.29 is 17.9 Å². The second-order valence-corrected chi connectivity index (χ2v) is 7.83. The maximum atomic E-state index is 11.9. The van der Waals surface area contributed by atoms with Gasteiger partial charge in [-0.3, -0.25) is 4.79 Å². The van der Waals surface area contributed by atoms with Crippen molar-refractivity contribution in [1.82, 2.24) is 5.32 Å². The molecule has 1 unspecified atom stereocenters. The molecule has 1 N–H and O–H groups in total. The Bertz CT molecular complexity index is 801. The summed E-state index contributed by atoms with van der Waals surface area (Å²) in [5.74, 6) is 0.282. The minimum absolute atomic E-state index is 0.118. The van der Waals surface area contributed by atoms with E-state index in [1.807, 2.05) is 6.92 Å². The van der Waals surface area contributed by atoms with Crippen LogP contribution >= 0.6 is 11.6 Å². The number of carbonyl (C=O) groups is 1. The summed E-state index contributed by atoms with van der Waals surface area (Å²) >= 11 is 5.78. The first-order chi connectivity index (χ1) is 11.3. The number of rotatable bonds is 6. The molecule has 2 aromatic rings. The Hall–Kier alpha value is -2.05. The first kappa shape index (κ1) is 18.3. The lowest BCUT2D eigenvalue weighted by molar-refractivity contribution is -0.123. The number of ether oxygens (including phenoxy) is 1. The van der Waals surface area contributed by atoms with E-state index in [0.29, 0.717) is 10.8 Å². The van der Waals surface area contributed by atoms with Gasteiger partial charge in [-0.25, -0.2) is 8.42 Å². The van der Waals surface area contributed by atoms with E-state index in [-0.39, 0.29) is 23.5 Å². The number of nitrogens with one attached hydrogen (secondary N) is 1. The summed E-state index contributed by atoms with van der Waals surface area (Å²) in [6.07, 6.45) is 1.15. The summed E-state index contributed by atoms with van der Waals surface area (Å²) in [5, 5.41) is 3.39. The fourth-order valence-corrected chi connectivity index (χ4v) is 2.81. The molecule has 2 rings (SSSR count). The van der Waals surface area contributed by atoms with Gasteiger partial charge in [0, 0.05) is 11.3 Å². The quantitative estimate of drug-likeness (QED) is 0.851. The normalized spacial score (nSPS) is 12.5. The zero-order chi connectivity index (χ0) is 17.7. The maximum Gasteiger partial charge on any atom is 0.258 e. The van der Waals surface area contributed by atoms with Crippen LogP contribution in [0.4, 0.5) is 0 Å². The van der Waals surface area contributed by atoms with Crippen LogP contribution in [0.25, 0.3) is 0 Å². The fraction of sp³-hybridized carbons (Fsp3) is 0.235.